The summed E-state index contributed by atoms with van der Waals surface area (Å²) in [4.78, 5) is 34.5. The number of alkyl carbamates (subject to hydrolysis) is 1. The van der Waals surface area contributed by atoms with Gasteiger partial charge in [-0.15, -0.1) is 0 Å². The minimum absolute atomic E-state index is 0.0242. The van der Waals surface area contributed by atoms with Gasteiger partial charge < -0.3 is 39.4 Å². The fraction of sp³-hybridized carbons (Fsp3) is 0.640. The molecule has 1 atom stereocenters. The third-order valence-corrected chi connectivity index (χ3v) is 4.85. The predicted molar refractivity (Wildman–Crippen MR) is 132 cm³/mol. The maximum atomic E-state index is 12.3. The number of ether oxygens (including phenoxy) is 5. The molecule has 0 fully saturated rings. The fourth-order valence-electron chi connectivity index (χ4n) is 2.70. The van der Waals surface area contributed by atoms with Crippen LogP contribution in [0.1, 0.15) is 32.8 Å². The van der Waals surface area contributed by atoms with Gasteiger partial charge in [-0.25, -0.2) is 4.79 Å². The highest BCUT2D eigenvalue weighted by atomic mass is 16.6. The second kappa shape index (κ2) is 18.5. The van der Waals surface area contributed by atoms with Gasteiger partial charge in [0.2, 0.25) is 5.91 Å². The van der Waals surface area contributed by atoms with Crippen molar-refractivity contribution >= 4 is 18.0 Å². The van der Waals surface area contributed by atoms with E-state index in [1.54, 1.807) is 0 Å². The number of carboxylic acids is 1. The lowest BCUT2D eigenvalue weighted by Crippen LogP contribution is -2.50. The molecule has 1 aromatic carbocycles. The zero-order chi connectivity index (χ0) is 26.7. The zero-order valence-electron chi connectivity index (χ0n) is 21.5. The number of hydrogen-bond donors (Lipinski definition) is 3. The van der Waals surface area contributed by atoms with Gasteiger partial charge in [0.1, 0.15) is 13.2 Å². The summed E-state index contributed by atoms with van der Waals surface area (Å²) in [5, 5.41) is 13.8. The summed E-state index contributed by atoms with van der Waals surface area (Å²) in [5.74, 6) is -1.23. The van der Waals surface area contributed by atoms with Crippen LogP contribution in [0.25, 0.3) is 0 Å². The average molecular weight is 513 g/mol. The lowest BCUT2D eigenvalue weighted by molar-refractivity contribution is -0.138. The minimum atomic E-state index is -0.892. The molecule has 0 aromatic heterocycles. The molecule has 1 unspecified atom stereocenters. The number of rotatable bonds is 19. The molecule has 11 heteroatoms. The molecule has 0 radical (unpaired) electrons. The van der Waals surface area contributed by atoms with Crippen molar-refractivity contribution < 1.29 is 43.2 Å². The Balaban J connectivity index is 2.11. The third kappa shape index (κ3) is 16.8. The van der Waals surface area contributed by atoms with Gasteiger partial charge in [0, 0.05) is 0 Å². The van der Waals surface area contributed by atoms with Gasteiger partial charge in [0.05, 0.1) is 65.3 Å². The van der Waals surface area contributed by atoms with E-state index in [4.69, 9.17) is 28.8 Å². The number of carboxylic acid groups (broad SMARTS) is 1. The van der Waals surface area contributed by atoms with Crippen molar-refractivity contribution in [3.8, 4) is 0 Å². The molecule has 0 aliphatic carbocycles. The summed E-state index contributed by atoms with van der Waals surface area (Å²) >= 11 is 0. The topological polar surface area (TPSA) is 142 Å². The highest BCUT2D eigenvalue weighted by molar-refractivity contribution is 5.82. The Hall–Kier alpha value is -2.73. The van der Waals surface area contributed by atoms with Gasteiger partial charge in [-0.05, 0) is 11.0 Å². The van der Waals surface area contributed by atoms with Crippen LogP contribution in [-0.4, -0.2) is 88.5 Å². The zero-order valence-corrected chi connectivity index (χ0v) is 21.5. The van der Waals surface area contributed by atoms with E-state index >= 15 is 0 Å². The average Bonchev–Trinajstić information content (AvgIpc) is 2.83. The maximum Gasteiger partial charge on any atom is 0.407 e. The molecule has 1 aromatic rings. The van der Waals surface area contributed by atoms with Crippen LogP contribution >= 0.6 is 0 Å². The van der Waals surface area contributed by atoms with E-state index in [0.29, 0.717) is 46.2 Å². The number of carbonyl (C=O) groups is 3. The number of benzene rings is 1. The number of nitrogens with one attached hydrogen (secondary N) is 2. The fourth-order valence-corrected chi connectivity index (χ4v) is 2.70. The molecule has 0 aliphatic heterocycles. The lowest BCUT2D eigenvalue weighted by Gasteiger charge is -2.31. The van der Waals surface area contributed by atoms with E-state index in [1.165, 1.54) is 0 Å². The van der Waals surface area contributed by atoms with E-state index < -0.39 is 12.1 Å². The highest BCUT2D eigenvalue weighted by Crippen LogP contribution is 2.19. The number of aliphatic carboxylic acids is 1. The van der Waals surface area contributed by atoms with Crippen LogP contribution in [0.5, 0.6) is 0 Å². The molecular formula is C25H40N2O9. The highest BCUT2D eigenvalue weighted by Gasteiger charge is 2.26. The first-order chi connectivity index (χ1) is 17.2. The summed E-state index contributed by atoms with van der Waals surface area (Å²) in [5.41, 5.74) is 0.600. The van der Waals surface area contributed by atoms with Gasteiger partial charge >= 0.3 is 12.1 Å². The van der Waals surface area contributed by atoms with E-state index in [-0.39, 0.29) is 43.5 Å². The summed E-state index contributed by atoms with van der Waals surface area (Å²) in [6, 6.07) is 9.01. The number of carbonyl (C=O) groups excluding carboxylic acids is 2. The summed E-state index contributed by atoms with van der Waals surface area (Å²) in [6.45, 7) is 8.56. The SMILES string of the molecule is CC(C)(C)C(COCCOCCOCCOCCC(=O)O)NC(=O)CNC(=O)OCc1ccccc1. The van der Waals surface area contributed by atoms with Gasteiger partial charge in [-0.1, -0.05) is 51.1 Å². The molecule has 36 heavy (non-hydrogen) atoms. The third-order valence-electron chi connectivity index (χ3n) is 4.85. The van der Waals surface area contributed by atoms with Gasteiger partial charge in [0.25, 0.3) is 0 Å². The molecule has 3 N–H and O–H groups in total. The smallest absolute Gasteiger partial charge is 0.407 e. The van der Waals surface area contributed by atoms with E-state index in [0.717, 1.165) is 5.56 Å². The lowest BCUT2D eigenvalue weighted by atomic mass is 9.87. The molecule has 0 aliphatic rings. The van der Waals surface area contributed by atoms with Gasteiger partial charge in [0.15, 0.2) is 0 Å². The normalized spacial score (nSPS) is 12.1. The van der Waals surface area contributed by atoms with Crippen molar-refractivity contribution in [2.45, 2.75) is 39.8 Å². The summed E-state index contributed by atoms with van der Waals surface area (Å²) in [7, 11) is 0. The minimum Gasteiger partial charge on any atom is -0.481 e. The second-order valence-corrected chi connectivity index (χ2v) is 8.96. The molecule has 204 valence electrons. The van der Waals surface area contributed by atoms with E-state index in [9.17, 15) is 14.4 Å². The monoisotopic (exact) mass is 512 g/mol. The van der Waals surface area contributed by atoms with E-state index in [2.05, 4.69) is 10.6 Å². The first kappa shape index (κ1) is 31.3. The molecule has 11 nitrogen and oxygen atoms in total. The Morgan fingerprint density at radius 2 is 1.42 bits per heavy atom. The molecule has 0 spiro atoms. The Labute approximate surface area is 212 Å². The van der Waals surface area contributed by atoms with Crippen molar-refractivity contribution in [1.82, 2.24) is 10.6 Å². The van der Waals surface area contributed by atoms with Crippen LogP contribution in [-0.2, 0) is 39.9 Å². The Kier molecular flexibility index (Phi) is 16.1. The summed E-state index contributed by atoms with van der Waals surface area (Å²) in [6.07, 6.45) is -0.687. The molecule has 0 heterocycles. The van der Waals surface area contributed by atoms with Crippen LogP contribution in [0.3, 0.4) is 0 Å². The largest absolute Gasteiger partial charge is 0.481 e. The maximum absolute atomic E-state index is 12.3. The van der Waals surface area contributed by atoms with Gasteiger partial charge in [-0.2, -0.15) is 0 Å². The quantitative estimate of drug-likeness (QED) is 0.237. The molecule has 2 amide bonds. The predicted octanol–water partition coefficient (Wildman–Crippen LogP) is 1.98. The Morgan fingerprint density at radius 1 is 0.861 bits per heavy atom. The van der Waals surface area contributed by atoms with E-state index in [1.807, 2.05) is 51.1 Å². The molecule has 0 bridgehead atoms. The van der Waals surface area contributed by atoms with Crippen LogP contribution in [0.15, 0.2) is 30.3 Å². The molecule has 0 saturated heterocycles. The first-order valence-electron chi connectivity index (χ1n) is 11.9. The molecule has 1 rings (SSSR count). The van der Waals surface area contributed by atoms with Crippen molar-refractivity contribution in [1.29, 1.82) is 0 Å². The Morgan fingerprint density at radius 3 is 1.97 bits per heavy atom. The van der Waals surface area contributed by atoms with Crippen LogP contribution in [0.2, 0.25) is 0 Å². The Bertz CT molecular complexity index is 754. The van der Waals surface area contributed by atoms with Crippen molar-refractivity contribution in [3.05, 3.63) is 35.9 Å². The second-order valence-electron chi connectivity index (χ2n) is 8.96. The van der Waals surface area contributed by atoms with Crippen LogP contribution < -0.4 is 10.6 Å². The standard InChI is InChI=1S/C25H40N2O9/c1-25(2,3)21(19-35-16-15-34-14-13-33-12-11-32-10-9-23(29)30)27-22(28)17-26-24(31)36-18-20-7-5-4-6-8-20/h4-8,21H,9-19H2,1-3H3,(H,26,31)(H,27,28)(H,29,30). The van der Waals surface area contributed by atoms with Crippen molar-refractivity contribution in [2.75, 3.05) is 59.4 Å². The summed E-state index contributed by atoms with van der Waals surface area (Å²) < 4.78 is 26.7. The van der Waals surface area contributed by atoms with Gasteiger partial charge in [-0.3, -0.25) is 9.59 Å². The number of amides is 2. The first-order valence-corrected chi connectivity index (χ1v) is 11.9. The molecule has 0 saturated carbocycles. The van der Waals surface area contributed by atoms with Crippen LogP contribution in [0, 0.1) is 5.41 Å². The molecular weight excluding hydrogens is 472 g/mol. The van der Waals surface area contributed by atoms with Crippen molar-refractivity contribution in [3.63, 3.8) is 0 Å². The van der Waals surface area contributed by atoms with Crippen molar-refractivity contribution in [2.24, 2.45) is 5.41 Å². The number of hydrogen-bond acceptors (Lipinski definition) is 8. The van der Waals surface area contributed by atoms with Crippen LogP contribution in [0.4, 0.5) is 4.79 Å².